The SMILES string of the molecule is CC(C)(CN)C(O)c1ccc[nH]1. The summed E-state index contributed by atoms with van der Waals surface area (Å²) >= 11 is 0. The van der Waals surface area contributed by atoms with Crippen LogP contribution in [0, 0.1) is 5.41 Å². The molecule has 3 nitrogen and oxygen atoms in total. The quantitative estimate of drug-likeness (QED) is 0.631. The molecule has 1 unspecified atom stereocenters. The molecule has 0 saturated heterocycles. The summed E-state index contributed by atoms with van der Waals surface area (Å²) in [6.07, 6.45) is 1.28. The van der Waals surface area contributed by atoms with E-state index in [1.807, 2.05) is 26.0 Å². The Labute approximate surface area is 72.6 Å². The van der Waals surface area contributed by atoms with Crippen LogP contribution in [0.3, 0.4) is 0 Å². The minimum Gasteiger partial charge on any atom is -0.386 e. The fraction of sp³-hybridized carbons (Fsp3) is 0.556. The maximum absolute atomic E-state index is 9.83. The Morgan fingerprint density at radius 3 is 2.75 bits per heavy atom. The Morgan fingerprint density at radius 2 is 2.33 bits per heavy atom. The largest absolute Gasteiger partial charge is 0.386 e. The third-order valence-electron chi connectivity index (χ3n) is 2.18. The van der Waals surface area contributed by atoms with Crippen LogP contribution in [0.1, 0.15) is 25.6 Å². The number of aliphatic hydroxyl groups excluding tert-OH is 1. The zero-order valence-electron chi connectivity index (χ0n) is 7.54. The number of nitrogens with one attached hydrogen (secondary N) is 1. The first kappa shape index (κ1) is 9.29. The maximum atomic E-state index is 9.83. The van der Waals surface area contributed by atoms with Crippen molar-refractivity contribution in [2.45, 2.75) is 20.0 Å². The second-order valence-corrected chi connectivity index (χ2v) is 3.72. The van der Waals surface area contributed by atoms with Crippen molar-refractivity contribution in [1.82, 2.24) is 4.98 Å². The summed E-state index contributed by atoms with van der Waals surface area (Å²) in [6.45, 7) is 4.35. The van der Waals surface area contributed by atoms with Crippen molar-refractivity contribution in [3.8, 4) is 0 Å². The molecule has 0 saturated carbocycles. The van der Waals surface area contributed by atoms with Gasteiger partial charge in [0.2, 0.25) is 0 Å². The molecule has 3 heteroatoms. The summed E-state index contributed by atoms with van der Waals surface area (Å²) in [5.74, 6) is 0. The first-order valence-electron chi connectivity index (χ1n) is 4.09. The van der Waals surface area contributed by atoms with Crippen LogP contribution in [0.15, 0.2) is 18.3 Å². The minimum atomic E-state index is -0.516. The van der Waals surface area contributed by atoms with E-state index >= 15 is 0 Å². The Balaban J connectivity index is 2.78. The number of hydrogen-bond donors (Lipinski definition) is 3. The van der Waals surface area contributed by atoms with Gasteiger partial charge in [0.15, 0.2) is 0 Å². The maximum Gasteiger partial charge on any atom is 0.1000 e. The monoisotopic (exact) mass is 168 g/mol. The van der Waals surface area contributed by atoms with Crippen LogP contribution in [0.25, 0.3) is 0 Å². The molecule has 0 radical (unpaired) electrons. The Bertz CT molecular complexity index is 229. The van der Waals surface area contributed by atoms with Gasteiger partial charge in [-0.2, -0.15) is 0 Å². The number of hydrogen-bond acceptors (Lipinski definition) is 2. The number of aromatic nitrogens is 1. The topological polar surface area (TPSA) is 62.0 Å². The minimum absolute atomic E-state index is 0.273. The predicted molar refractivity (Wildman–Crippen MR) is 48.6 cm³/mol. The zero-order valence-corrected chi connectivity index (χ0v) is 7.54. The van der Waals surface area contributed by atoms with Gasteiger partial charge in [-0.1, -0.05) is 13.8 Å². The summed E-state index contributed by atoms with van der Waals surface area (Å²) < 4.78 is 0. The van der Waals surface area contributed by atoms with Gasteiger partial charge in [-0.25, -0.2) is 0 Å². The first-order chi connectivity index (χ1) is 5.58. The molecule has 0 aliphatic carbocycles. The van der Waals surface area contributed by atoms with Crippen LogP contribution >= 0.6 is 0 Å². The fourth-order valence-corrected chi connectivity index (χ4v) is 1.05. The Kier molecular flexibility index (Phi) is 2.55. The predicted octanol–water partition coefficient (Wildman–Crippen LogP) is 1.03. The molecule has 1 rings (SSSR count). The first-order valence-corrected chi connectivity index (χ1v) is 4.09. The molecule has 0 aliphatic heterocycles. The smallest absolute Gasteiger partial charge is 0.1000 e. The van der Waals surface area contributed by atoms with Crippen molar-refractivity contribution in [2.24, 2.45) is 11.1 Å². The van der Waals surface area contributed by atoms with E-state index in [-0.39, 0.29) is 5.41 Å². The normalized spacial score (nSPS) is 14.7. The van der Waals surface area contributed by atoms with Crippen LogP contribution in [0.5, 0.6) is 0 Å². The molecule has 0 aliphatic rings. The summed E-state index contributed by atoms with van der Waals surface area (Å²) in [4.78, 5) is 2.97. The molecule has 0 aromatic carbocycles. The lowest BCUT2D eigenvalue weighted by Crippen LogP contribution is -2.30. The number of aliphatic hydroxyl groups is 1. The number of aromatic amines is 1. The lowest BCUT2D eigenvalue weighted by atomic mass is 9.85. The molecule has 1 heterocycles. The highest BCUT2D eigenvalue weighted by atomic mass is 16.3. The van der Waals surface area contributed by atoms with Gasteiger partial charge in [0.1, 0.15) is 0 Å². The van der Waals surface area contributed by atoms with Crippen LogP contribution in [0.4, 0.5) is 0 Å². The molecule has 68 valence electrons. The van der Waals surface area contributed by atoms with E-state index in [1.54, 1.807) is 6.20 Å². The molecule has 12 heavy (non-hydrogen) atoms. The molecular weight excluding hydrogens is 152 g/mol. The van der Waals surface area contributed by atoms with Crippen molar-refractivity contribution < 1.29 is 5.11 Å². The summed E-state index contributed by atoms with van der Waals surface area (Å²) in [5.41, 5.74) is 6.09. The van der Waals surface area contributed by atoms with Crippen LogP contribution in [-0.2, 0) is 0 Å². The standard InChI is InChI=1S/C9H16N2O/c1-9(2,6-10)8(12)7-4-3-5-11-7/h3-5,8,11-12H,6,10H2,1-2H3. The molecule has 0 bridgehead atoms. The number of nitrogens with two attached hydrogens (primary N) is 1. The number of rotatable bonds is 3. The van der Waals surface area contributed by atoms with Crippen LogP contribution in [0.2, 0.25) is 0 Å². The van der Waals surface area contributed by atoms with Gasteiger partial charge < -0.3 is 15.8 Å². The van der Waals surface area contributed by atoms with Gasteiger partial charge in [0, 0.05) is 23.9 Å². The van der Waals surface area contributed by atoms with Crippen molar-refractivity contribution in [2.75, 3.05) is 6.54 Å². The van der Waals surface area contributed by atoms with Gasteiger partial charge in [0.25, 0.3) is 0 Å². The van der Waals surface area contributed by atoms with E-state index in [0.717, 1.165) is 5.69 Å². The van der Waals surface area contributed by atoms with Crippen LogP contribution in [-0.4, -0.2) is 16.6 Å². The van der Waals surface area contributed by atoms with Gasteiger partial charge in [0.05, 0.1) is 6.10 Å². The van der Waals surface area contributed by atoms with E-state index in [4.69, 9.17) is 5.73 Å². The fourth-order valence-electron chi connectivity index (χ4n) is 1.05. The molecular formula is C9H16N2O. The lowest BCUT2D eigenvalue weighted by Gasteiger charge is -2.28. The average Bonchev–Trinajstić information content (AvgIpc) is 2.55. The van der Waals surface area contributed by atoms with Crippen molar-refractivity contribution in [3.05, 3.63) is 24.0 Å². The molecule has 1 atom stereocenters. The summed E-state index contributed by atoms with van der Waals surface area (Å²) in [7, 11) is 0. The molecule has 0 fully saturated rings. The Hall–Kier alpha value is -0.800. The van der Waals surface area contributed by atoms with Crippen molar-refractivity contribution >= 4 is 0 Å². The van der Waals surface area contributed by atoms with Gasteiger partial charge in [-0.15, -0.1) is 0 Å². The van der Waals surface area contributed by atoms with Crippen LogP contribution < -0.4 is 5.73 Å². The molecule has 1 aromatic heterocycles. The highest BCUT2D eigenvalue weighted by Gasteiger charge is 2.27. The molecule has 0 spiro atoms. The van der Waals surface area contributed by atoms with E-state index in [2.05, 4.69) is 4.98 Å². The van der Waals surface area contributed by atoms with E-state index < -0.39 is 6.10 Å². The highest BCUT2D eigenvalue weighted by Crippen LogP contribution is 2.30. The van der Waals surface area contributed by atoms with Gasteiger partial charge in [-0.05, 0) is 12.1 Å². The summed E-state index contributed by atoms with van der Waals surface area (Å²) in [5, 5.41) is 9.83. The van der Waals surface area contributed by atoms with E-state index in [1.165, 1.54) is 0 Å². The third-order valence-corrected chi connectivity index (χ3v) is 2.18. The van der Waals surface area contributed by atoms with Gasteiger partial charge >= 0.3 is 0 Å². The van der Waals surface area contributed by atoms with E-state index in [9.17, 15) is 5.11 Å². The second-order valence-electron chi connectivity index (χ2n) is 3.72. The summed E-state index contributed by atoms with van der Waals surface area (Å²) in [6, 6.07) is 3.73. The molecule has 1 aromatic rings. The third kappa shape index (κ3) is 1.68. The van der Waals surface area contributed by atoms with Crippen molar-refractivity contribution in [1.29, 1.82) is 0 Å². The Morgan fingerprint density at radius 1 is 1.67 bits per heavy atom. The zero-order chi connectivity index (χ0) is 9.19. The molecule has 0 amide bonds. The van der Waals surface area contributed by atoms with Crippen molar-refractivity contribution in [3.63, 3.8) is 0 Å². The lowest BCUT2D eigenvalue weighted by molar-refractivity contribution is 0.0523. The molecule has 4 N–H and O–H groups in total. The number of H-pyrrole nitrogens is 1. The highest BCUT2D eigenvalue weighted by molar-refractivity contribution is 5.09. The van der Waals surface area contributed by atoms with Gasteiger partial charge in [-0.3, -0.25) is 0 Å². The van der Waals surface area contributed by atoms with E-state index in [0.29, 0.717) is 6.54 Å². The average molecular weight is 168 g/mol. The second kappa shape index (κ2) is 3.29.